The second-order valence-corrected chi connectivity index (χ2v) is 8.72. The Labute approximate surface area is 167 Å². The zero-order valence-electron chi connectivity index (χ0n) is 15.3. The molecule has 0 spiro atoms. The highest BCUT2D eigenvalue weighted by Gasteiger charge is 2.31. The van der Waals surface area contributed by atoms with Crippen LogP contribution in [-0.4, -0.2) is 36.0 Å². The molecule has 0 N–H and O–H groups in total. The molecular formula is C20H17FN4O3S. The molecule has 0 radical (unpaired) electrons. The molecule has 29 heavy (non-hydrogen) atoms. The SMILES string of the molecule is N#Cc1ccc(S(=O)(=O)N2CCC(c3noc(-c4ccc(F)cc4)n3)CC2)cc1. The van der Waals surface area contributed by atoms with Crippen LogP contribution in [-0.2, 0) is 10.0 Å². The summed E-state index contributed by atoms with van der Waals surface area (Å²) < 4.78 is 45.4. The van der Waals surface area contributed by atoms with Gasteiger partial charge in [-0.05, 0) is 61.4 Å². The van der Waals surface area contributed by atoms with E-state index in [1.54, 1.807) is 12.1 Å². The number of benzene rings is 2. The highest BCUT2D eigenvalue weighted by atomic mass is 32.2. The van der Waals surface area contributed by atoms with Gasteiger partial charge in [-0.3, -0.25) is 0 Å². The van der Waals surface area contributed by atoms with Gasteiger partial charge in [0.1, 0.15) is 5.82 Å². The summed E-state index contributed by atoms with van der Waals surface area (Å²) >= 11 is 0. The van der Waals surface area contributed by atoms with Crippen molar-refractivity contribution in [2.45, 2.75) is 23.7 Å². The normalized spacial score (nSPS) is 15.9. The van der Waals surface area contributed by atoms with E-state index in [1.165, 1.54) is 40.7 Å². The third-order valence-corrected chi connectivity index (χ3v) is 6.89. The molecule has 0 bridgehead atoms. The molecule has 1 fully saturated rings. The first-order valence-corrected chi connectivity index (χ1v) is 10.5. The molecule has 7 nitrogen and oxygen atoms in total. The summed E-state index contributed by atoms with van der Waals surface area (Å²) in [5, 5.41) is 12.9. The van der Waals surface area contributed by atoms with Gasteiger partial charge in [0.15, 0.2) is 5.82 Å². The van der Waals surface area contributed by atoms with E-state index in [0.717, 1.165) is 0 Å². The van der Waals surface area contributed by atoms with Gasteiger partial charge >= 0.3 is 0 Å². The largest absolute Gasteiger partial charge is 0.334 e. The minimum atomic E-state index is -3.61. The Morgan fingerprint density at radius 3 is 2.34 bits per heavy atom. The van der Waals surface area contributed by atoms with Gasteiger partial charge in [0.2, 0.25) is 10.0 Å². The van der Waals surface area contributed by atoms with Crippen molar-refractivity contribution in [3.63, 3.8) is 0 Å². The molecule has 1 aliphatic heterocycles. The molecule has 0 atom stereocenters. The van der Waals surface area contributed by atoms with E-state index in [2.05, 4.69) is 10.1 Å². The minimum absolute atomic E-state index is 0.0136. The summed E-state index contributed by atoms with van der Waals surface area (Å²) in [6.45, 7) is 0.681. The molecule has 1 aromatic heterocycles. The Morgan fingerprint density at radius 2 is 1.72 bits per heavy atom. The summed E-state index contributed by atoms with van der Waals surface area (Å²) in [4.78, 5) is 4.57. The van der Waals surface area contributed by atoms with Crippen molar-refractivity contribution in [3.05, 3.63) is 65.7 Å². The molecule has 2 aromatic carbocycles. The predicted octanol–water partition coefficient (Wildman–Crippen LogP) is 3.32. The molecule has 1 saturated heterocycles. The molecule has 148 valence electrons. The highest BCUT2D eigenvalue weighted by molar-refractivity contribution is 7.89. The van der Waals surface area contributed by atoms with Gasteiger partial charge in [-0.15, -0.1) is 0 Å². The van der Waals surface area contributed by atoms with Crippen LogP contribution in [0.15, 0.2) is 57.9 Å². The van der Waals surface area contributed by atoms with Crippen molar-refractivity contribution in [2.75, 3.05) is 13.1 Å². The standard InChI is InChI=1S/C20H17FN4O3S/c21-17-5-3-16(4-6-17)20-23-19(24-28-20)15-9-11-25(12-10-15)29(26,27)18-7-1-14(13-22)2-8-18/h1-8,15H,9-12H2. The summed E-state index contributed by atoms with van der Waals surface area (Å²) in [7, 11) is -3.61. The van der Waals surface area contributed by atoms with E-state index in [1.807, 2.05) is 6.07 Å². The van der Waals surface area contributed by atoms with Crippen molar-refractivity contribution in [3.8, 4) is 17.5 Å². The Bertz CT molecular complexity index is 1140. The van der Waals surface area contributed by atoms with Crippen LogP contribution in [0.3, 0.4) is 0 Å². The van der Waals surface area contributed by atoms with Gasteiger partial charge < -0.3 is 4.52 Å². The zero-order chi connectivity index (χ0) is 20.4. The van der Waals surface area contributed by atoms with Crippen LogP contribution in [0.2, 0.25) is 0 Å². The lowest BCUT2D eigenvalue weighted by Gasteiger charge is -2.29. The molecule has 9 heteroatoms. The van der Waals surface area contributed by atoms with Crippen LogP contribution in [0.4, 0.5) is 4.39 Å². The first-order valence-electron chi connectivity index (χ1n) is 9.07. The average molecular weight is 412 g/mol. The Kier molecular flexibility index (Phi) is 5.13. The first-order chi connectivity index (χ1) is 14.0. The second kappa shape index (κ2) is 7.73. The van der Waals surface area contributed by atoms with Crippen LogP contribution < -0.4 is 0 Å². The monoisotopic (exact) mass is 412 g/mol. The number of hydrogen-bond acceptors (Lipinski definition) is 6. The third-order valence-electron chi connectivity index (χ3n) is 4.97. The molecule has 2 heterocycles. The molecule has 3 aromatic rings. The third kappa shape index (κ3) is 3.90. The topological polar surface area (TPSA) is 100 Å². The van der Waals surface area contributed by atoms with Crippen molar-refractivity contribution in [1.82, 2.24) is 14.4 Å². The number of sulfonamides is 1. The van der Waals surface area contributed by atoms with Gasteiger partial charge in [-0.2, -0.15) is 14.6 Å². The van der Waals surface area contributed by atoms with E-state index in [9.17, 15) is 12.8 Å². The molecular weight excluding hydrogens is 395 g/mol. The first kappa shape index (κ1) is 19.2. The van der Waals surface area contributed by atoms with Crippen LogP contribution in [0.25, 0.3) is 11.5 Å². The maximum atomic E-state index is 13.1. The summed E-state index contributed by atoms with van der Waals surface area (Å²) in [5.41, 5.74) is 1.04. The fraction of sp³-hybridized carbons (Fsp3) is 0.250. The minimum Gasteiger partial charge on any atom is -0.334 e. The van der Waals surface area contributed by atoms with E-state index in [-0.39, 0.29) is 16.6 Å². The number of halogens is 1. The van der Waals surface area contributed by atoms with E-state index in [4.69, 9.17) is 9.78 Å². The van der Waals surface area contributed by atoms with Gasteiger partial charge in [-0.1, -0.05) is 5.16 Å². The number of rotatable bonds is 4. The average Bonchev–Trinajstić information content (AvgIpc) is 3.24. The number of piperidine rings is 1. The van der Waals surface area contributed by atoms with Crippen LogP contribution in [0.5, 0.6) is 0 Å². The van der Waals surface area contributed by atoms with Crippen molar-refractivity contribution in [1.29, 1.82) is 5.26 Å². The molecule has 0 amide bonds. The van der Waals surface area contributed by atoms with Crippen LogP contribution >= 0.6 is 0 Å². The molecule has 0 saturated carbocycles. The maximum absolute atomic E-state index is 13.1. The second-order valence-electron chi connectivity index (χ2n) is 6.78. The molecule has 1 aliphatic rings. The lowest BCUT2D eigenvalue weighted by Crippen LogP contribution is -2.38. The fourth-order valence-corrected chi connectivity index (χ4v) is 4.78. The van der Waals surface area contributed by atoms with Crippen molar-refractivity contribution in [2.24, 2.45) is 0 Å². The van der Waals surface area contributed by atoms with Gasteiger partial charge in [0.25, 0.3) is 5.89 Å². The van der Waals surface area contributed by atoms with E-state index in [0.29, 0.717) is 48.8 Å². The maximum Gasteiger partial charge on any atom is 0.257 e. The molecule has 4 rings (SSSR count). The predicted molar refractivity (Wildman–Crippen MR) is 102 cm³/mol. The zero-order valence-corrected chi connectivity index (χ0v) is 16.1. The van der Waals surface area contributed by atoms with E-state index < -0.39 is 10.0 Å². The number of nitrogens with zero attached hydrogens (tertiary/aromatic N) is 4. The summed E-state index contributed by atoms with van der Waals surface area (Å²) in [6.07, 6.45) is 1.13. The Hall–Kier alpha value is -3.09. The van der Waals surface area contributed by atoms with Crippen LogP contribution in [0, 0.1) is 17.1 Å². The molecule has 0 unspecified atom stereocenters. The Morgan fingerprint density at radius 1 is 1.07 bits per heavy atom. The van der Waals surface area contributed by atoms with Crippen molar-refractivity contribution >= 4 is 10.0 Å². The molecule has 0 aliphatic carbocycles. The van der Waals surface area contributed by atoms with Crippen molar-refractivity contribution < 1.29 is 17.3 Å². The lowest BCUT2D eigenvalue weighted by molar-refractivity contribution is 0.307. The highest BCUT2D eigenvalue weighted by Crippen LogP contribution is 2.30. The Balaban J connectivity index is 1.44. The summed E-state index contributed by atoms with van der Waals surface area (Å²) in [5.74, 6) is 0.483. The lowest BCUT2D eigenvalue weighted by atomic mass is 9.97. The number of aromatic nitrogens is 2. The number of hydrogen-bond donors (Lipinski definition) is 0. The van der Waals surface area contributed by atoms with E-state index >= 15 is 0 Å². The summed E-state index contributed by atoms with van der Waals surface area (Å²) in [6, 6.07) is 13.7. The quantitative estimate of drug-likeness (QED) is 0.652. The number of nitriles is 1. The van der Waals surface area contributed by atoms with Gasteiger partial charge in [-0.25, -0.2) is 12.8 Å². The van der Waals surface area contributed by atoms with Gasteiger partial charge in [0, 0.05) is 24.6 Å². The fourth-order valence-electron chi connectivity index (χ4n) is 3.32. The van der Waals surface area contributed by atoms with Gasteiger partial charge in [0.05, 0.1) is 16.5 Å². The van der Waals surface area contributed by atoms with Crippen LogP contribution in [0.1, 0.15) is 30.1 Å². The smallest absolute Gasteiger partial charge is 0.257 e.